The molecule has 0 N–H and O–H groups in total. The molecule has 2 aliphatic heterocycles. The molecule has 1 aromatic rings. The quantitative estimate of drug-likeness (QED) is 0.526. The number of hydrogen-bond acceptors (Lipinski definition) is 4. The Bertz CT molecular complexity index is 524. The van der Waals surface area contributed by atoms with E-state index >= 15 is 0 Å². The Morgan fingerprint density at radius 3 is 3.25 bits per heavy atom. The Labute approximate surface area is 67.7 Å². The van der Waals surface area contributed by atoms with Gasteiger partial charge in [-0.15, -0.1) is 5.11 Å². The summed E-state index contributed by atoms with van der Waals surface area (Å²) in [6, 6.07) is 3.78. The second-order valence-electron chi connectivity index (χ2n) is 2.56. The lowest BCUT2D eigenvalue weighted by atomic mass is 10.3. The van der Waals surface area contributed by atoms with Gasteiger partial charge in [-0.25, -0.2) is 4.99 Å². The monoisotopic (exact) mass is 156 g/mol. The number of aromatic nitrogens is 1. The van der Waals surface area contributed by atoms with Gasteiger partial charge in [-0.05, 0) is 12.1 Å². The fourth-order valence-electron chi connectivity index (χ4n) is 1.30. The maximum atomic E-state index is 4.29. The SMILES string of the molecule is C1=C2N=c3cccnc3=C2N=N1. The first-order valence-electron chi connectivity index (χ1n) is 3.60. The highest BCUT2D eigenvalue weighted by atomic mass is 15.2. The molecule has 4 heteroatoms. The van der Waals surface area contributed by atoms with Crippen molar-refractivity contribution < 1.29 is 0 Å². The fraction of sp³-hybridized carbons (Fsp3) is 0. The van der Waals surface area contributed by atoms with E-state index in [4.69, 9.17) is 0 Å². The van der Waals surface area contributed by atoms with E-state index in [-0.39, 0.29) is 0 Å². The van der Waals surface area contributed by atoms with Crippen molar-refractivity contribution in [1.29, 1.82) is 0 Å². The van der Waals surface area contributed by atoms with Gasteiger partial charge < -0.3 is 0 Å². The summed E-state index contributed by atoms with van der Waals surface area (Å²) in [5.74, 6) is 0. The van der Waals surface area contributed by atoms with Crippen LogP contribution in [0.5, 0.6) is 0 Å². The third kappa shape index (κ3) is 0.567. The number of hydrogen-bond donors (Lipinski definition) is 0. The number of pyridine rings is 1. The van der Waals surface area contributed by atoms with Crippen LogP contribution in [0, 0.1) is 0 Å². The average molecular weight is 156 g/mol. The largest absolute Gasteiger partial charge is 0.252 e. The first kappa shape index (κ1) is 5.77. The summed E-state index contributed by atoms with van der Waals surface area (Å²) in [4.78, 5) is 8.46. The van der Waals surface area contributed by atoms with Gasteiger partial charge >= 0.3 is 0 Å². The summed E-state index contributed by atoms with van der Waals surface area (Å²) in [5.41, 5.74) is 1.62. The minimum Gasteiger partial charge on any atom is -0.252 e. The van der Waals surface area contributed by atoms with Crippen molar-refractivity contribution in [3.8, 4) is 0 Å². The third-order valence-electron chi connectivity index (χ3n) is 1.83. The predicted molar refractivity (Wildman–Crippen MR) is 41.4 cm³/mol. The van der Waals surface area contributed by atoms with Crippen molar-refractivity contribution in [3.63, 3.8) is 0 Å². The Kier molecular flexibility index (Phi) is 0.889. The second kappa shape index (κ2) is 1.85. The topological polar surface area (TPSA) is 50.0 Å². The summed E-state index contributed by atoms with van der Waals surface area (Å²) in [6.45, 7) is 0. The Hall–Kier alpha value is -1.84. The smallest absolute Gasteiger partial charge is 0.141 e. The molecule has 3 rings (SSSR count). The molecule has 56 valence electrons. The number of fused-ring (bicyclic) bond motifs is 2. The van der Waals surface area contributed by atoms with E-state index < -0.39 is 0 Å². The van der Waals surface area contributed by atoms with Crippen molar-refractivity contribution in [1.82, 2.24) is 4.98 Å². The van der Waals surface area contributed by atoms with Gasteiger partial charge in [0, 0.05) is 6.20 Å². The highest BCUT2D eigenvalue weighted by Crippen LogP contribution is 2.20. The van der Waals surface area contributed by atoms with Gasteiger partial charge in [-0.3, -0.25) is 4.98 Å². The molecular weight excluding hydrogens is 152 g/mol. The van der Waals surface area contributed by atoms with Crippen LogP contribution in [0.15, 0.2) is 45.4 Å². The predicted octanol–water partition coefficient (Wildman–Crippen LogP) is 0.130. The molecule has 0 radical (unpaired) electrons. The molecule has 0 amide bonds. The van der Waals surface area contributed by atoms with Gasteiger partial charge in [-0.1, -0.05) is 0 Å². The van der Waals surface area contributed by atoms with Crippen molar-refractivity contribution in [2.24, 2.45) is 15.2 Å². The van der Waals surface area contributed by atoms with Crippen molar-refractivity contribution in [2.75, 3.05) is 0 Å². The fourth-order valence-corrected chi connectivity index (χ4v) is 1.30. The Morgan fingerprint density at radius 2 is 2.25 bits per heavy atom. The van der Waals surface area contributed by atoms with Crippen LogP contribution in [0.25, 0.3) is 5.70 Å². The summed E-state index contributed by atoms with van der Waals surface area (Å²) in [5, 5.41) is 9.42. The molecule has 3 heterocycles. The number of nitrogens with zero attached hydrogens (tertiary/aromatic N) is 4. The first-order valence-corrected chi connectivity index (χ1v) is 3.60. The summed E-state index contributed by atoms with van der Waals surface area (Å²) >= 11 is 0. The molecule has 0 spiro atoms. The van der Waals surface area contributed by atoms with E-state index in [2.05, 4.69) is 20.2 Å². The molecule has 0 unspecified atom stereocenters. The molecule has 0 aliphatic carbocycles. The van der Waals surface area contributed by atoms with E-state index in [1.54, 1.807) is 12.4 Å². The lowest BCUT2D eigenvalue weighted by Gasteiger charge is -1.82. The number of rotatable bonds is 0. The van der Waals surface area contributed by atoms with Crippen LogP contribution in [0.1, 0.15) is 0 Å². The van der Waals surface area contributed by atoms with Gasteiger partial charge in [0.2, 0.25) is 0 Å². The summed E-state index contributed by atoms with van der Waals surface area (Å²) < 4.78 is 0. The van der Waals surface area contributed by atoms with Gasteiger partial charge in [0.1, 0.15) is 16.7 Å². The summed E-state index contributed by atoms with van der Waals surface area (Å²) in [7, 11) is 0. The molecule has 0 fully saturated rings. The molecule has 0 bridgehead atoms. The maximum Gasteiger partial charge on any atom is 0.141 e. The lowest BCUT2D eigenvalue weighted by molar-refractivity contribution is 1.16. The number of azo groups is 1. The van der Waals surface area contributed by atoms with Crippen molar-refractivity contribution in [3.05, 3.63) is 40.9 Å². The van der Waals surface area contributed by atoms with Gasteiger partial charge in [-0.2, -0.15) is 5.11 Å². The highest BCUT2D eigenvalue weighted by molar-refractivity contribution is 5.64. The van der Waals surface area contributed by atoms with Crippen LogP contribution < -0.4 is 10.7 Å². The standard InChI is InChI=1S/C8H4N4/c1-2-5-7(9-3-1)8-6(11-5)4-10-12-8/h1-4H. The zero-order valence-electron chi connectivity index (χ0n) is 6.10. The average Bonchev–Trinajstić information content (AvgIpc) is 2.62. The molecule has 4 nitrogen and oxygen atoms in total. The molecule has 0 saturated heterocycles. The molecule has 12 heavy (non-hydrogen) atoms. The normalized spacial score (nSPS) is 17.0. The Morgan fingerprint density at radius 1 is 1.25 bits per heavy atom. The minimum atomic E-state index is 0.797. The molecule has 0 aromatic carbocycles. The first-order chi connectivity index (χ1) is 5.95. The van der Waals surface area contributed by atoms with Crippen molar-refractivity contribution in [2.45, 2.75) is 0 Å². The zero-order chi connectivity index (χ0) is 7.97. The second-order valence-corrected chi connectivity index (χ2v) is 2.56. The van der Waals surface area contributed by atoms with Crippen molar-refractivity contribution >= 4 is 5.70 Å². The van der Waals surface area contributed by atoms with E-state index in [0.29, 0.717) is 0 Å². The third-order valence-corrected chi connectivity index (χ3v) is 1.83. The molecule has 0 atom stereocenters. The zero-order valence-corrected chi connectivity index (χ0v) is 6.10. The lowest BCUT2D eigenvalue weighted by Crippen LogP contribution is -2.25. The van der Waals surface area contributed by atoms with E-state index in [1.165, 1.54) is 0 Å². The minimum absolute atomic E-state index is 0.797. The van der Waals surface area contributed by atoms with Crippen LogP contribution in [0.2, 0.25) is 0 Å². The van der Waals surface area contributed by atoms with Gasteiger partial charge in [0.25, 0.3) is 0 Å². The van der Waals surface area contributed by atoms with Crippen LogP contribution in [0.4, 0.5) is 0 Å². The molecular formula is C8H4N4. The van der Waals surface area contributed by atoms with Gasteiger partial charge in [0.15, 0.2) is 0 Å². The van der Waals surface area contributed by atoms with Crippen LogP contribution >= 0.6 is 0 Å². The van der Waals surface area contributed by atoms with E-state index in [1.807, 2.05) is 12.1 Å². The highest BCUT2D eigenvalue weighted by Gasteiger charge is 2.16. The Balaban J connectivity index is 2.59. The van der Waals surface area contributed by atoms with Crippen LogP contribution in [0.3, 0.4) is 0 Å². The van der Waals surface area contributed by atoms with E-state index in [0.717, 1.165) is 22.1 Å². The van der Waals surface area contributed by atoms with Crippen LogP contribution in [-0.2, 0) is 0 Å². The molecule has 0 saturated carbocycles. The van der Waals surface area contributed by atoms with E-state index in [9.17, 15) is 0 Å². The molecule has 1 aromatic heterocycles. The molecule has 2 aliphatic rings. The van der Waals surface area contributed by atoms with Crippen LogP contribution in [-0.4, -0.2) is 4.98 Å². The maximum absolute atomic E-state index is 4.29. The summed E-state index contributed by atoms with van der Waals surface area (Å²) in [6.07, 6.45) is 3.38. The van der Waals surface area contributed by atoms with Gasteiger partial charge in [0.05, 0.1) is 11.6 Å².